The van der Waals surface area contributed by atoms with Crippen molar-refractivity contribution in [3.63, 3.8) is 0 Å². The summed E-state index contributed by atoms with van der Waals surface area (Å²) in [7, 11) is -2.35. The van der Waals surface area contributed by atoms with Gasteiger partial charge < -0.3 is 10.1 Å². The first-order valence-electron chi connectivity index (χ1n) is 7.98. The third-order valence-electron chi connectivity index (χ3n) is 3.79. The zero-order valence-electron chi connectivity index (χ0n) is 14.8. The van der Waals surface area contributed by atoms with Crippen LogP contribution in [0.3, 0.4) is 0 Å². The van der Waals surface area contributed by atoms with Crippen molar-refractivity contribution in [3.05, 3.63) is 53.8 Å². The van der Waals surface area contributed by atoms with Crippen molar-refractivity contribution in [2.24, 2.45) is 0 Å². The van der Waals surface area contributed by atoms with E-state index in [-0.39, 0.29) is 23.7 Å². The molecule has 0 saturated heterocycles. The molecule has 2 aromatic rings. The number of carbonyl (C=O) groups is 1. The van der Waals surface area contributed by atoms with Gasteiger partial charge in [0.05, 0.1) is 18.6 Å². The predicted molar refractivity (Wildman–Crippen MR) is 97.2 cm³/mol. The van der Waals surface area contributed by atoms with E-state index < -0.39 is 21.7 Å². The molecule has 0 saturated carbocycles. The van der Waals surface area contributed by atoms with Crippen molar-refractivity contribution in [3.8, 4) is 5.75 Å². The summed E-state index contributed by atoms with van der Waals surface area (Å²) in [4.78, 5) is 12.3. The first-order chi connectivity index (χ1) is 12.3. The van der Waals surface area contributed by atoms with Gasteiger partial charge in [-0.15, -0.1) is 0 Å². The summed E-state index contributed by atoms with van der Waals surface area (Å²) in [5, 5.41) is 2.50. The Kier molecular flexibility index (Phi) is 6.33. The number of nitrogens with one attached hydrogen (secondary N) is 1. The van der Waals surface area contributed by atoms with Gasteiger partial charge in [0.15, 0.2) is 0 Å². The van der Waals surface area contributed by atoms with E-state index in [1.165, 1.54) is 37.4 Å². The minimum Gasteiger partial charge on any atom is -0.496 e. The van der Waals surface area contributed by atoms with Crippen molar-refractivity contribution < 1.29 is 22.3 Å². The van der Waals surface area contributed by atoms with E-state index in [9.17, 15) is 17.6 Å². The Morgan fingerprint density at radius 1 is 1.23 bits per heavy atom. The molecular formula is C18H21FN2O4S. The number of sulfonamides is 1. The van der Waals surface area contributed by atoms with E-state index in [4.69, 9.17) is 4.74 Å². The number of halogens is 1. The van der Waals surface area contributed by atoms with Gasteiger partial charge in [0.1, 0.15) is 11.6 Å². The van der Waals surface area contributed by atoms with Crippen molar-refractivity contribution in [1.82, 2.24) is 4.31 Å². The lowest BCUT2D eigenvalue weighted by Crippen LogP contribution is -2.37. The Labute approximate surface area is 152 Å². The van der Waals surface area contributed by atoms with Crippen LogP contribution in [0.25, 0.3) is 0 Å². The van der Waals surface area contributed by atoms with Crippen LogP contribution in [0.15, 0.2) is 47.4 Å². The SMILES string of the molecule is CCN(CC(=O)Nc1cccc(F)c1)S(=O)(=O)c1ccc(OC)c(C)c1. The third-order valence-corrected chi connectivity index (χ3v) is 5.70. The summed E-state index contributed by atoms with van der Waals surface area (Å²) < 4.78 is 45.0. The number of carbonyl (C=O) groups excluding carboxylic acids is 1. The first-order valence-corrected chi connectivity index (χ1v) is 9.42. The van der Waals surface area contributed by atoms with Gasteiger partial charge in [-0.05, 0) is 48.9 Å². The molecule has 0 unspecified atom stereocenters. The lowest BCUT2D eigenvalue weighted by atomic mass is 10.2. The van der Waals surface area contributed by atoms with Crippen LogP contribution in [-0.2, 0) is 14.8 Å². The smallest absolute Gasteiger partial charge is 0.243 e. The van der Waals surface area contributed by atoms with E-state index in [2.05, 4.69) is 5.32 Å². The Hall–Kier alpha value is -2.45. The number of likely N-dealkylation sites (N-methyl/N-ethyl adjacent to an activating group) is 1. The molecule has 0 aliphatic carbocycles. The maximum absolute atomic E-state index is 13.2. The number of ether oxygens (including phenoxy) is 1. The van der Waals surface area contributed by atoms with Gasteiger partial charge >= 0.3 is 0 Å². The highest BCUT2D eigenvalue weighted by atomic mass is 32.2. The van der Waals surface area contributed by atoms with Gasteiger partial charge in [0.25, 0.3) is 0 Å². The first kappa shape index (κ1) is 19.9. The maximum atomic E-state index is 13.2. The molecule has 0 spiro atoms. The topological polar surface area (TPSA) is 75.7 Å². The molecule has 26 heavy (non-hydrogen) atoms. The molecule has 1 amide bonds. The van der Waals surface area contributed by atoms with E-state index in [0.717, 1.165) is 10.4 Å². The van der Waals surface area contributed by atoms with Crippen LogP contribution in [0, 0.1) is 12.7 Å². The number of rotatable bonds is 7. The second kappa shape index (κ2) is 8.29. The molecule has 0 radical (unpaired) electrons. The van der Waals surface area contributed by atoms with E-state index in [1.807, 2.05) is 0 Å². The number of benzene rings is 2. The Morgan fingerprint density at radius 2 is 1.96 bits per heavy atom. The average molecular weight is 380 g/mol. The fourth-order valence-corrected chi connectivity index (χ4v) is 3.95. The van der Waals surface area contributed by atoms with Crippen molar-refractivity contribution in [2.45, 2.75) is 18.7 Å². The van der Waals surface area contributed by atoms with Crippen LogP contribution < -0.4 is 10.1 Å². The van der Waals surface area contributed by atoms with Crippen molar-refractivity contribution >= 4 is 21.6 Å². The van der Waals surface area contributed by atoms with Gasteiger partial charge in [-0.3, -0.25) is 4.79 Å². The largest absolute Gasteiger partial charge is 0.496 e. The molecule has 0 aliphatic rings. The number of methoxy groups -OCH3 is 1. The fraction of sp³-hybridized carbons (Fsp3) is 0.278. The molecule has 0 aliphatic heterocycles. The van der Waals surface area contributed by atoms with Gasteiger partial charge in [-0.25, -0.2) is 12.8 Å². The highest BCUT2D eigenvalue weighted by Crippen LogP contribution is 2.23. The number of nitrogens with zero attached hydrogens (tertiary/aromatic N) is 1. The second-order valence-corrected chi connectivity index (χ2v) is 7.56. The molecule has 6 nitrogen and oxygen atoms in total. The number of hydrogen-bond acceptors (Lipinski definition) is 4. The van der Waals surface area contributed by atoms with Gasteiger partial charge in [-0.1, -0.05) is 13.0 Å². The van der Waals surface area contributed by atoms with Gasteiger partial charge in [-0.2, -0.15) is 4.31 Å². The molecule has 0 atom stereocenters. The Balaban J connectivity index is 2.18. The fourth-order valence-electron chi connectivity index (χ4n) is 2.45. The van der Waals surface area contributed by atoms with Crippen LogP contribution >= 0.6 is 0 Å². The normalized spacial score (nSPS) is 11.4. The summed E-state index contributed by atoms with van der Waals surface area (Å²) in [5.41, 5.74) is 0.942. The van der Waals surface area contributed by atoms with Crippen LogP contribution in [0.4, 0.5) is 10.1 Å². The average Bonchev–Trinajstić information content (AvgIpc) is 2.59. The van der Waals surface area contributed by atoms with E-state index in [0.29, 0.717) is 11.3 Å². The molecular weight excluding hydrogens is 359 g/mol. The van der Waals surface area contributed by atoms with E-state index in [1.54, 1.807) is 19.9 Å². The maximum Gasteiger partial charge on any atom is 0.243 e. The zero-order valence-corrected chi connectivity index (χ0v) is 15.6. The van der Waals surface area contributed by atoms with Crippen LogP contribution in [-0.4, -0.2) is 38.8 Å². The molecule has 0 heterocycles. The minimum atomic E-state index is -3.85. The number of hydrogen-bond donors (Lipinski definition) is 1. The molecule has 2 aromatic carbocycles. The number of anilines is 1. The lowest BCUT2D eigenvalue weighted by Gasteiger charge is -2.20. The number of amides is 1. The Morgan fingerprint density at radius 3 is 2.54 bits per heavy atom. The van der Waals surface area contributed by atoms with Crippen molar-refractivity contribution in [1.29, 1.82) is 0 Å². The summed E-state index contributed by atoms with van der Waals surface area (Å²) in [6.45, 7) is 3.12. The molecule has 1 N–H and O–H groups in total. The standard InChI is InChI=1S/C18H21FN2O4S/c1-4-21(12-18(22)20-15-7-5-6-14(19)11-15)26(23,24)16-8-9-17(25-3)13(2)10-16/h5-11H,4,12H2,1-3H3,(H,20,22). The van der Waals surface area contributed by atoms with E-state index >= 15 is 0 Å². The zero-order chi connectivity index (χ0) is 19.3. The van der Waals surface area contributed by atoms with Crippen LogP contribution in [0.2, 0.25) is 0 Å². The molecule has 0 fully saturated rings. The van der Waals surface area contributed by atoms with Gasteiger partial charge in [0, 0.05) is 12.2 Å². The quantitative estimate of drug-likeness (QED) is 0.801. The molecule has 0 aromatic heterocycles. The summed E-state index contributed by atoms with van der Waals surface area (Å²) in [6, 6.07) is 9.91. The molecule has 140 valence electrons. The van der Waals surface area contributed by atoms with Crippen LogP contribution in [0.1, 0.15) is 12.5 Å². The van der Waals surface area contributed by atoms with Gasteiger partial charge in [0.2, 0.25) is 15.9 Å². The highest BCUT2D eigenvalue weighted by Gasteiger charge is 2.26. The molecule has 2 rings (SSSR count). The molecule has 0 bridgehead atoms. The number of aryl methyl sites for hydroxylation is 1. The highest BCUT2D eigenvalue weighted by molar-refractivity contribution is 7.89. The minimum absolute atomic E-state index is 0.0798. The van der Waals surface area contributed by atoms with Crippen LogP contribution in [0.5, 0.6) is 5.75 Å². The lowest BCUT2D eigenvalue weighted by molar-refractivity contribution is -0.116. The summed E-state index contributed by atoms with van der Waals surface area (Å²) in [5.74, 6) is -0.460. The van der Waals surface area contributed by atoms with Crippen molar-refractivity contribution in [2.75, 3.05) is 25.5 Å². The summed E-state index contributed by atoms with van der Waals surface area (Å²) >= 11 is 0. The molecule has 8 heteroatoms. The third kappa shape index (κ3) is 4.59. The predicted octanol–water partition coefficient (Wildman–Crippen LogP) is 2.79. The second-order valence-electron chi connectivity index (χ2n) is 5.62. The summed E-state index contributed by atoms with van der Waals surface area (Å²) in [6.07, 6.45) is 0. The monoisotopic (exact) mass is 380 g/mol. The Bertz CT molecular complexity index is 900.